The number of fused-ring (bicyclic) bond motifs is 1. The zero-order chi connectivity index (χ0) is 27.5. The van der Waals surface area contributed by atoms with E-state index in [4.69, 9.17) is 14.5 Å². The molecule has 11 heteroatoms. The first kappa shape index (κ1) is 27.0. The minimum atomic E-state index is -0.745. The first-order valence-corrected chi connectivity index (χ1v) is 13.4. The monoisotopic (exact) mass is 533 g/mol. The van der Waals surface area contributed by atoms with Crippen molar-refractivity contribution in [2.75, 3.05) is 57.7 Å². The van der Waals surface area contributed by atoms with Crippen LogP contribution in [0.4, 0.5) is 16.4 Å². The fourth-order valence-electron chi connectivity index (χ4n) is 5.25. The molecule has 5 rings (SSSR count). The third-order valence-electron chi connectivity index (χ3n) is 7.59. The molecule has 1 saturated carbocycles. The number of aryl methyl sites for hydroxylation is 1. The summed E-state index contributed by atoms with van der Waals surface area (Å²) in [6.07, 6.45) is 5.48. The molecule has 1 saturated heterocycles. The topological polar surface area (TPSA) is 124 Å². The highest BCUT2D eigenvalue weighted by Gasteiger charge is 2.30. The molecule has 11 nitrogen and oxygen atoms in total. The van der Waals surface area contributed by atoms with Gasteiger partial charge in [-0.15, -0.1) is 0 Å². The Kier molecular flexibility index (Phi) is 8.07. The lowest BCUT2D eigenvalue weighted by Gasteiger charge is -2.34. The van der Waals surface area contributed by atoms with Gasteiger partial charge < -0.3 is 14.4 Å². The number of nitrogens with zero attached hydrogens (tertiary/aromatic N) is 6. The van der Waals surface area contributed by atoms with Crippen LogP contribution in [0.5, 0.6) is 0 Å². The number of amides is 3. The molecular formula is C28H35N7O4. The molecular weight excluding hydrogens is 498 g/mol. The maximum Gasteiger partial charge on any atom is 0.328 e. The quantitative estimate of drug-likeness (QED) is 0.514. The minimum Gasteiger partial charge on any atom is -0.350 e. The number of hydrogen-bond acceptors (Lipinski definition) is 8. The molecule has 0 unspecified atom stereocenters. The number of anilines is 2. The Bertz CT molecular complexity index is 1290. The molecule has 0 bridgehead atoms. The summed E-state index contributed by atoms with van der Waals surface area (Å²) in [4.78, 5) is 40.8. The Morgan fingerprint density at radius 1 is 1.21 bits per heavy atom. The van der Waals surface area contributed by atoms with Gasteiger partial charge in [0.05, 0.1) is 12.1 Å². The molecule has 2 fully saturated rings. The Morgan fingerprint density at radius 3 is 2.69 bits per heavy atom. The summed E-state index contributed by atoms with van der Waals surface area (Å²) in [5, 5.41) is 12.4. The molecule has 3 aliphatic rings. The van der Waals surface area contributed by atoms with Crippen molar-refractivity contribution in [3.05, 3.63) is 46.3 Å². The molecule has 0 aromatic carbocycles. The van der Waals surface area contributed by atoms with E-state index in [0.29, 0.717) is 55.0 Å². The van der Waals surface area contributed by atoms with Gasteiger partial charge in [-0.05, 0) is 73.9 Å². The summed E-state index contributed by atoms with van der Waals surface area (Å²) in [6.45, 7) is 2.71. The number of aromatic nitrogens is 2. The average molecular weight is 534 g/mol. The molecule has 0 radical (unpaired) electrons. The van der Waals surface area contributed by atoms with Gasteiger partial charge in [0.15, 0.2) is 0 Å². The fraction of sp³-hybridized carbons (Fsp3) is 0.536. The van der Waals surface area contributed by atoms with E-state index < -0.39 is 6.29 Å². The Labute approximate surface area is 228 Å². The van der Waals surface area contributed by atoms with Gasteiger partial charge in [-0.3, -0.25) is 19.9 Å². The number of hydrogen-bond donors (Lipinski definition) is 1. The molecule has 39 heavy (non-hydrogen) atoms. The van der Waals surface area contributed by atoms with E-state index in [1.807, 2.05) is 22.9 Å². The summed E-state index contributed by atoms with van der Waals surface area (Å²) in [7, 11) is 5.02. The number of nitriles is 1. The van der Waals surface area contributed by atoms with Gasteiger partial charge in [-0.2, -0.15) is 5.26 Å². The molecule has 206 valence electrons. The van der Waals surface area contributed by atoms with Crippen LogP contribution in [0.1, 0.15) is 53.5 Å². The van der Waals surface area contributed by atoms with Gasteiger partial charge >= 0.3 is 6.03 Å². The third kappa shape index (κ3) is 6.03. The zero-order valence-corrected chi connectivity index (χ0v) is 22.8. The van der Waals surface area contributed by atoms with Crippen LogP contribution in [-0.4, -0.2) is 79.2 Å². The van der Waals surface area contributed by atoms with Crippen molar-refractivity contribution in [1.82, 2.24) is 19.8 Å². The minimum absolute atomic E-state index is 0.0655. The van der Waals surface area contributed by atoms with E-state index in [-0.39, 0.29) is 11.9 Å². The molecule has 0 spiro atoms. The van der Waals surface area contributed by atoms with Crippen LogP contribution >= 0.6 is 0 Å². The number of pyridine rings is 2. The molecule has 2 aromatic rings. The number of rotatable bonds is 8. The van der Waals surface area contributed by atoms with E-state index in [2.05, 4.69) is 16.4 Å². The van der Waals surface area contributed by atoms with E-state index in [0.717, 1.165) is 42.5 Å². The van der Waals surface area contributed by atoms with Gasteiger partial charge in [-0.25, -0.2) is 14.8 Å². The van der Waals surface area contributed by atoms with Crippen molar-refractivity contribution < 1.29 is 19.1 Å². The fourth-order valence-corrected chi connectivity index (χ4v) is 5.25. The maximum absolute atomic E-state index is 13.5. The van der Waals surface area contributed by atoms with Crippen LogP contribution < -0.4 is 10.2 Å². The van der Waals surface area contributed by atoms with E-state index in [1.54, 1.807) is 25.2 Å². The second-order valence-electron chi connectivity index (χ2n) is 10.5. The maximum atomic E-state index is 13.5. The third-order valence-corrected chi connectivity index (χ3v) is 7.59. The van der Waals surface area contributed by atoms with Gasteiger partial charge in [-0.1, -0.05) is 0 Å². The number of nitrogens with one attached hydrogen (secondary N) is 1. The summed E-state index contributed by atoms with van der Waals surface area (Å²) >= 11 is 0. The molecule has 4 heterocycles. The number of carbonyl (C=O) groups is 2. The van der Waals surface area contributed by atoms with Gasteiger partial charge in [0.25, 0.3) is 0 Å². The highest BCUT2D eigenvalue weighted by molar-refractivity contribution is 6.01. The van der Waals surface area contributed by atoms with Crippen molar-refractivity contribution in [2.45, 2.75) is 44.9 Å². The van der Waals surface area contributed by atoms with Crippen LogP contribution in [0.25, 0.3) is 0 Å². The van der Waals surface area contributed by atoms with E-state index in [1.165, 1.54) is 19.0 Å². The summed E-state index contributed by atoms with van der Waals surface area (Å²) in [5.74, 6) is 1.63. The second kappa shape index (κ2) is 11.7. The van der Waals surface area contributed by atoms with Gasteiger partial charge in [0, 0.05) is 46.6 Å². The Morgan fingerprint density at radius 2 is 2.00 bits per heavy atom. The number of methoxy groups -OCH3 is 2. The zero-order valence-electron chi connectivity index (χ0n) is 22.8. The molecule has 3 amide bonds. The summed E-state index contributed by atoms with van der Waals surface area (Å²) in [6, 6.07) is 5.71. The van der Waals surface area contributed by atoms with Crippen LogP contribution in [0.3, 0.4) is 0 Å². The molecule has 0 atom stereocenters. The number of urea groups is 1. The highest BCUT2D eigenvalue weighted by atomic mass is 16.7. The molecule has 2 aliphatic heterocycles. The van der Waals surface area contributed by atoms with Crippen molar-refractivity contribution in [3.63, 3.8) is 0 Å². The Hall–Kier alpha value is -3.59. The van der Waals surface area contributed by atoms with E-state index >= 15 is 0 Å². The van der Waals surface area contributed by atoms with Gasteiger partial charge in [0.1, 0.15) is 23.4 Å². The number of carbonyl (C=O) groups excluding carboxylic acids is 2. The molecule has 1 N–H and O–H groups in total. The summed E-state index contributed by atoms with van der Waals surface area (Å²) < 4.78 is 11.1. The van der Waals surface area contributed by atoms with Crippen molar-refractivity contribution in [2.24, 2.45) is 5.92 Å². The van der Waals surface area contributed by atoms with Crippen LogP contribution in [0.15, 0.2) is 18.3 Å². The normalized spacial score (nSPS) is 17.8. The van der Waals surface area contributed by atoms with Crippen LogP contribution in [0, 0.1) is 17.2 Å². The lowest BCUT2D eigenvalue weighted by Crippen LogP contribution is -2.48. The van der Waals surface area contributed by atoms with Crippen molar-refractivity contribution in [1.29, 1.82) is 5.26 Å². The number of likely N-dealkylation sites (N-methyl/N-ethyl adjacent to an activating group) is 1. The Balaban J connectivity index is 1.41. The lowest BCUT2D eigenvalue weighted by atomic mass is 10.0. The predicted octanol–water partition coefficient (Wildman–Crippen LogP) is 2.85. The smallest absolute Gasteiger partial charge is 0.328 e. The van der Waals surface area contributed by atoms with Crippen LogP contribution in [0.2, 0.25) is 0 Å². The number of ether oxygens (including phenoxy) is 2. The predicted molar refractivity (Wildman–Crippen MR) is 144 cm³/mol. The van der Waals surface area contributed by atoms with Gasteiger partial charge in [0.2, 0.25) is 12.2 Å². The first-order valence-electron chi connectivity index (χ1n) is 13.4. The van der Waals surface area contributed by atoms with Crippen molar-refractivity contribution in [3.8, 4) is 6.07 Å². The van der Waals surface area contributed by atoms with E-state index in [9.17, 15) is 14.9 Å². The highest BCUT2D eigenvalue weighted by Crippen LogP contribution is 2.34. The largest absolute Gasteiger partial charge is 0.350 e. The second-order valence-corrected chi connectivity index (χ2v) is 10.5. The van der Waals surface area contributed by atoms with Crippen molar-refractivity contribution >= 4 is 23.6 Å². The molecule has 1 aliphatic carbocycles. The average Bonchev–Trinajstić information content (AvgIpc) is 3.75. The number of piperazine rings is 1. The standard InChI is InChI=1S/C28H35N7O4/c1-33-9-10-34(24(36)17-33)16-21-12-19-5-4-8-35(26(19)32-25(21)27(38-2)39-3)28(37)31-23-13-20(11-18-6-7-18)22(14-29)15-30-23/h12-13,15,18,27H,4-11,16-17H2,1-3H3,(H,30,31,37). The molecule has 2 aromatic heterocycles. The lowest BCUT2D eigenvalue weighted by molar-refractivity contribution is -0.136. The summed E-state index contributed by atoms with van der Waals surface area (Å²) in [5.41, 5.74) is 3.79. The van der Waals surface area contributed by atoms with Crippen LogP contribution in [-0.2, 0) is 33.7 Å². The SMILES string of the molecule is COC(OC)c1nc2c(cc1CN1CCN(C)CC1=O)CCCN2C(=O)Nc1cc(CC2CC2)c(C#N)cn1. The first-order chi connectivity index (χ1) is 18.9.